The zero-order valence-electron chi connectivity index (χ0n) is 16.1. The van der Waals surface area contributed by atoms with E-state index in [1.807, 2.05) is 17.0 Å². The molecular weight excluding hydrogens is 395 g/mol. The van der Waals surface area contributed by atoms with E-state index in [1.54, 1.807) is 18.3 Å². The fraction of sp³-hybridized carbons (Fsp3) is 0.455. The molecule has 4 nitrogen and oxygen atoms in total. The van der Waals surface area contributed by atoms with Gasteiger partial charge in [-0.1, -0.05) is 49.2 Å². The summed E-state index contributed by atoms with van der Waals surface area (Å²) in [6.45, 7) is 6.09. The lowest BCUT2D eigenvalue weighted by Crippen LogP contribution is -2.37. The highest BCUT2D eigenvalue weighted by Gasteiger charge is 2.53. The first-order valence-corrected chi connectivity index (χ1v) is 10.3. The molecule has 1 saturated heterocycles. The van der Waals surface area contributed by atoms with Crippen LogP contribution in [0.15, 0.2) is 42.6 Å². The van der Waals surface area contributed by atoms with E-state index in [2.05, 4.69) is 31.0 Å². The smallest absolute Gasteiger partial charge is 0.228 e. The molecule has 1 aliphatic heterocycles. The lowest BCUT2D eigenvalue weighted by molar-refractivity contribution is -0.135. The van der Waals surface area contributed by atoms with Crippen molar-refractivity contribution in [2.45, 2.75) is 32.6 Å². The molecule has 1 aromatic heterocycles. The molecule has 0 spiro atoms. The van der Waals surface area contributed by atoms with Crippen LogP contribution in [-0.2, 0) is 4.79 Å². The summed E-state index contributed by atoms with van der Waals surface area (Å²) in [7, 11) is 0. The standard InChI is InChI=1S/C22H24Cl2N2O2/c1-21(9-10-21)20(27)26-12-18(15-3-5-16(23)6-4-15)22(2,13-26)14-28-19-8-7-17(24)11-25-19/h3-8,11,18H,9-10,12-14H2,1-2H3/t18-,22-/m1/s1. The lowest BCUT2D eigenvalue weighted by atomic mass is 9.77. The fourth-order valence-corrected chi connectivity index (χ4v) is 4.26. The van der Waals surface area contributed by atoms with Gasteiger partial charge in [0.15, 0.2) is 0 Å². The molecule has 2 heterocycles. The Labute approximate surface area is 175 Å². The van der Waals surface area contributed by atoms with Gasteiger partial charge in [-0.15, -0.1) is 0 Å². The van der Waals surface area contributed by atoms with Crippen molar-refractivity contribution >= 4 is 29.1 Å². The van der Waals surface area contributed by atoms with Crippen molar-refractivity contribution in [3.63, 3.8) is 0 Å². The van der Waals surface area contributed by atoms with Gasteiger partial charge in [-0.25, -0.2) is 4.98 Å². The Hall–Kier alpha value is -1.78. The molecule has 1 aliphatic carbocycles. The van der Waals surface area contributed by atoms with Gasteiger partial charge in [0.1, 0.15) is 0 Å². The molecule has 0 bridgehead atoms. The minimum atomic E-state index is -0.226. The monoisotopic (exact) mass is 418 g/mol. The van der Waals surface area contributed by atoms with E-state index in [0.717, 1.165) is 12.8 Å². The van der Waals surface area contributed by atoms with Crippen LogP contribution in [0.5, 0.6) is 5.88 Å². The van der Waals surface area contributed by atoms with Crippen molar-refractivity contribution in [3.05, 3.63) is 58.2 Å². The van der Waals surface area contributed by atoms with E-state index in [0.29, 0.717) is 35.6 Å². The molecule has 6 heteroatoms. The summed E-state index contributed by atoms with van der Waals surface area (Å²) in [6.07, 6.45) is 3.54. The fourth-order valence-electron chi connectivity index (χ4n) is 4.02. The Morgan fingerprint density at radius 1 is 1.14 bits per heavy atom. The highest BCUT2D eigenvalue weighted by molar-refractivity contribution is 6.30. The van der Waals surface area contributed by atoms with E-state index in [9.17, 15) is 4.79 Å². The van der Waals surface area contributed by atoms with Gasteiger partial charge in [0.2, 0.25) is 11.8 Å². The number of likely N-dealkylation sites (tertiary alicyclic amines) is 1. The quantitative estimate of drug-likeness (QED) is 0.669. The Kier molecular flexibility index (Phi) is 5.05. The van der Waals surface area contributed by atoms with E-state index >= 15 is 0 Å². The molecule has 0 N–H and O–H groups in total. The first kappa shape index (κ1) is 19.5. The summed E-state index contributed by atoms with van der Waals surface area (Å²) in [4.78, 5) is 19.2. The zero-order valence-corrected chi connectivity index (χ0v) is 17.6. The second-order valence-electron chi connectivity index (χ2n) is 8.61. The lowest BCUT2D eigenvalue weighted by Gasteiger charge is -2.30. The van der Waals surface area contributed by atoms with Gasteiger partial charge >= 0.3 is 0 Å². The van der Waals surface area contributed by atoms with Crippen LogP contribution in [0.2, 0.25) is 10.0 Å². The topological polar surface area (TPSA) is 42.4 Å². The number of aromatic nitrogens is 1. The van der Waals surface area contributed by atoms with Gasteiger partial charge < -0.3 is 9.64 Å². The first-order chi connectivity index (χ1) is 13.3. The zero-order chi connectivity index (χ0) is 19.9. The number of nitrogens with zero attached hydrogens (tertiary/aromatic N) is 2. The van der Waals surface area contributed by atoms with Gasteiger partial charge in [-0.3, -0.25) is 4.79 Å². The summed E-state index contributed by atoms with van der Waals surface area (Å²) < 4.78 is 6.02. The molecule has 1 amide bonds. The molecule has 4 rings (SSSR count). The van der Waals surface area contributed by atoms with Crippen LogP contribution in [0.25, 0.3) is 0 Å². The van der Waals surface area contributed by atoms with E-state index in [-0.39, 0.29) is 22.7 Å². The Morgan fingerprint density at radius 2 is 1.82 bits per heavy atom. The maximum Gasteiger partial charge on any atom is 0.228 e. The van der Waals surface area contributed by atoms with Gasteiger partial charge in [0, 0.05) is 47.1 Å². The summed E-state index contributed by atoms with van der Waals surface area (Å²) in [5.74, 6) is 0.975. The van der Waals surface area contributed by atoms with Gasteiger partial charge in [0.25, 0.3) is 0 Å². The normalized spacial score (nSPS) is 25.6. The van der Waals surface area contributed by atoms with Gasteiger partial charge in [0.05, 0.1) is 11.6 Å². The van der Waals surface area contributed by atoms with Crippen molar-refractivity contribution in [2.24, 2.45) is 10.8 Å². The second-order valence-corrected chi connectivity index (χ2v) is 9.48. The summed E-state index contributed by atoms with van der Waals surface area (Å²) >= 11 is 12.0. The third kappa shape index (κ3) is 3.85. The van der Waals surface area contributed by atoms with Crippen LogP contribution in [0, 0.1) is 10.8 Å². The molecular formula is C22H24Cl2N2O2. The number of hydrogen-bond donors (Lipinski definition) is 0. The highest BCUT2D eigenvalue weighted by atomic mass is 35.5. The maximum absolute atomic E-state index is 13.0. The van der Waals surface area contributed by atoms with Crippen LogP contribution in [0.4, 0.5) is 0 Å². The van der Waals surface area contributed by atoms with Crippen molar-refractivity contribution in [1.82, 2.24) is 9.88 Å². The van der Waals surface area contributed by atoms with Gasteiger partial charge in [-0.2, -0.15) is 0 Å². The number of carbonyl (C=O) groups is 1. The molecule has 0 radical (unpaired) electrons. The minimum Gasteiger partial charge on any atom is -0.477 e. The van der Waals surface area contributed by atoms with Crippen LogP contribution < -0.4 is 4.74 Å². The number of ether oxygens (including phenoxy) is 1. The van der Waals surface area contributed by atoms with Gasteiger partial charge in [-0.05, 0) is 36.6 Å². The third-order valence-electron chi connectivity index (χ3n) is 6.12. The predicted octanol–water partition coefficient (Wildman–Crippen LogP) is 5.20. The Balaban J connectivity index is 1.57. The van der Waals surface area contributed by atoms with E-state index in [4.69, 9.17) is 27.9 Å². The highest BCUT2D eigenvalue weighted by Crippen LogP contribution is 2.50. The molecule has 2 fully saturated rings. The predicted molar refractivity (Wildman–Crippen MR) is 111 cm³/mol. The molecule has 28 heavy (non-hydrogen) atoms. The van der Waals surface area contributed by atoms with Crippen molar-refractivity contribution < 1.29 is 9.53 Å². The largest absolute Gasteiger partial charge is 0.477 e. The van der Waals surface area contributed by atoms with Crippen molar-refractivity contribution in [2.75, 3.05) is 19.7 Å². The average molecular weight is 419 g/mol. The van der Waals surface area contributed by atoms with Crippen LogP contribution in [0.1, 0.15) is 38.2 Å². The average Bonchev–Trinajstić information content (AvgIpc) is 3.34. The number of amides is 1. The molecule has 2 aromatic rings. The second kappa shape index (κ2) is 7.23. The maximum atomic E-state index is 13.0. The summed E-state index contributed by atoms with van der Waals surface area (Å²) in [5.41, 5.74) is 0.778. The van der Waals surface area contributed by atoms with Crippen LogP contribution >= 0.6 is 23.2 Å². The minimum absolute atomic E-state index is 0.170. The van der Waals surface area contributed by atoms with Crippen LogP contribution in [0.3, 0.4) is 0 Å². The number of benzene rings is 1. The number of hydrogen-bond acceptors (Lipinski definition) is 3. The van der Waals surface area contributed by atoms with Crippen LogP contribution in [-0.4, -0.2) is 35.5 Å². The number of halogens is 2. The Bertz CT molecular complexity index is 865. The van der Waals surface area contributed by atoms with E-state index < -0.39 is 0 Å². The molecule has 148 valence electrons. The molecule has 2 aliphatic rings. The van der Waals surface area contributed by atoms with Crippen molar-refractivity contribution in [1.29, 1.82) is 0 Å². The number of rotatable bonds is 5. The summed E-state index contributed by atoms with van der Waals surface area (Å²) in [5, 5.41) is 1.29. The van der Waals surface area contributed by atoms with E-state index in [1.165, 1.54) is 5.56 Å². The van der Waals surface area contributed by atoms with Crippen molar-refractivity contribution in [3.8, 4) is 5.88 Å². The Morgan fingerprint density at radius 3 is 2.43 bits per heavy atom. The molecule has 1 saturated carbocycles. The first-order valence-electron chi connectivity index (χ1n) is 9.58. The molecule has 0 unspecified atom stereocenters. The number of carbonyl (C=O) groups excluding carboxylic acids is 1. The SMILES string of the molecule is CC1(C(=O)N2C[C@H](c3ccc(Cl)cc3)[C@@](C)(COc3ccc(Cl)cn3)C2)CC1. The third-order valence-corrected chi connectivity index (χ3v) is 6.60. The number of pyridine rings is 1. The molecule has 2 atom stereocenters. The summed E-state index contributed by atoms with van der Waals surface area (Å²) in [6, 6.07) is 11.5. The molecule has 1 aromatic carbocycles.